The number of rotatable bonds is 5. The fourth-order valence-corrected chi connectivity index (χ4v) is 1.86. The van der Waals surface area contributed by atoms with E-state index in [1.54, 1.807) is 0 Å². The van der Waals surface area contributed by atoms with Crippen molar-refractivity contribution in [1.29, 1.82) is 0 Å². The third kappa shape index (κ3) is 3.66. The van der Waals surface area contributed by atoms with Gasteiger partial charge in [-0.1, -0.05) is 0 Å². The Hall–Kier alpha value is -0.570. The maximum atomic E-state index is 11.4. The average molecular weight is 199 g/mol. The van der Waals surface area contributed by atoms with Gasteiger partial charge >= 0.3 is 0 Å². The average Bonchev–Trinajstić information content (AvgIpc) is 1.99. The molecule has 82 valence electrons. The third-order valence-electron chi connectivity index (χ3n) is 2.52. The Balaban J connectivity index is 2.07. The molecule has 3 heteroatoms. The molecule has 1 aliphatic rings. The summed E-state index contributed by atoms with van der Waals surface area (Å²) in [5.41, 5.74) is 0. The van der Waals surface area contributed by atoms with Crippen molar-refractivity contribution in [2.75, 3.05) is 6.61 Å². The van der Waals surface area contributed by atoms with Gasteiger partial charge in [0.2, 0.25) is 5.91 Å². The van der Waals surface area contributed by atoms with E-state index in [0.29, 0.717) is 18.4 Å². The second-order valence-corrected chi connectivity index (χ2v) is 4.34. The molecule has 0 radical (unpaired) electrons. The fraction of sp³-hybridized carbons (Fsp3) is 0.909. The van der Waals surface area contributed by atoms with Crippen LogP contribution in [0.1, 0.15) is 40.0 Å². The molecular weight excluding hydrogens is 178 g/mol. The molecule has 0 spiro atoms. The predicted molar refractivity (Wildman–Crippen MR) is 56.0 cm³/mol. The lowest BCUT2D eigenvalue weighted by atomic mass is 9.80. The number of hydrogen-bond acceptors (Lipinski definition) is 2. The molecular formula is C11H21NO2. The predicted octanol–water partition coefficient (Wildman–Crippen LogP) is 1.72. The van der Waals surface area contributed by atoms with Gasteiger partial charge < -0.3 is 10.1 Å². The van der Waals surface area contributed by atoms with E-state index in [2.05, 4.69) is 5.32 Å². The van der Waals surface area contributed by atoms with Crippen molar-refractivity contribution in [1.82, 2.24) is 5.32 Å². The van der Waals surface area contributed by atoms with Crippen LogP contribution in [-0.2, 0) is 9.53 Å². The second-order valence-electron chi connectivity index (χ2n) is 4.34. The minimum atomic E-state index is 0.181. The van der Waals surface area contributed by atoms with Crippen LogP contribution in [0.15, 0.2) is 0 Å². The van der Waals surface area contributed by atoms with Crippen LogP contribution < -0.4 is 5.32 Å². The zero-order valence-corrected chi connectivity index (χ0v) is 9.38. The molecule has 0 bridgehead atoms. The van der Waals surface area contributed by atoms with Gasteiger partial charge in [0.1, 0.15) is 0 Å². The van der Waals surface area contributed by atoms with E-state index in [9.17, 15) is 4.79 Å². The fourth-order valence-electron chi connectivity index (χ4n) is 1.86. The zero-order valence-electron chi connectivity index (χ0n) is 9.38. The van der Waals surface area contributed by atoms with Gasteiger partial charge in [0, 0.05) is 19.1 Å². The van der Waals surface area contributed by atoms with E-state index in [4.69, 9.17) is 4.74 Å². The molecule has 3 nitrogen and oxygen atoms in total. The normalized spacial score (nSPS) is 26.0. The summed E-state index contributed by atoms with van der Waals surface area (Å²) in [7, 11) is 0. The van der Waals surface area contributed by atoms with Gasteiger partial charge in [-0.15, -0.1) is 0 Å². The lowest BCUT2D eigenvalue weighted by molar-refractivity contribution is -0.124. The molecule has 1 amide bonds. The minimum Gasteiger partial charge on any atom is -0.378 e. The highest BCUT2D eigenvalue weighted by molar-refractivity contribution is 5.76. The first-order valence-electron chi connectivity index (χ1n) is 5.52. The standard InChI is InChI=1S/C11H21NO2/c1-4-14-10-5-9(6-10)7-11(13)12-8(2)3/h8-10H,4-7H2,1-3H3,(H,12,13). The molecule has 1 N–H and O–H groups in total. The van der Waals surface area contributed by atoms with Gasteiger partial charge in [-0.25, -0.2) is 0 Å². The lowest BCUT2D eigenvalue weighted by Gasteiger charge is -2.34. The van der Waals surface area contributed by atoms with Gasteiger partial charge in [-0.05, 0) is 39.5 Å². The van der Waals surface area contributed by atoms with E-state index < -0.39 is 0 Å². The zero-order chi connectivity index (χ0) is 10.6. The first kappa shape index (κ1) is 11.5. The number of ether oxygens (including phenoxy) is 1. The SMILES string of the molecule is CCOC1CC(CC(=O)NC(C)C)C1. The summed E-state index contributed by atoms with van der Waals surface area (Å²) >= 11 is 0. The summed E-state index contributed by atoms with van der Waals surface area (Å²) in [4.78, 5) is 11.4. The molecule has 14 heavy (non-hydrogen) atoms. The second kappa shape index (κ2) is 5.35. The summed E-state index contributed by atoms with van der Waals surface area (Å²) in [5.74, 6) is 0.727. The number of amides is 1. The summed E-state index contributed by atoms with van der Waals surface area (Å²) in [6.07, 6.45) is 3.19. The van der Waals surface area contributed by atoms with Crippen LogP contribution in [0.25, 0.3) is 0 Å². The van der Waals surface area contributed by atoms with E-state index in [1.807, 2.05) is 20.8 Å². The molecule has 0 saturated heterocycles. The molecule has 0 atom stereocenters. The molecule has 0 aromatic heterocycles. The summed E-state index contributed by atoms with van der Waals surface area (Å²) in [5, 5.41) is 2.91. The largest absolute Gasteiger partial charge is 0.378 e. The first-order valence-corrected chi connectivity index (χ1v) is 5.52. The van der Waals surface area contributed by atoms with Crippen molar-refractivity contribution < 1.29 is 9.53 Å². The van der Waals surface area contributed by atoms with Crippen molar-refractivity contribution in [3.63, 3.8) is 0 Å². The van der Waals surface area contributed by atoms with Gasteiger partial charge in [-0.3, -0.25) is 4.79 Å². The van der Waals surface area contributed by atoms with Gasteiger partial charge in [0.25, 0.3) is 0 Å². The summed E-state index contributed by atoms with van der Waals surface area (Å²) in [6, 6.07) is 0.255. The highest BCUT2D eigenvalue weighted by Gasteiger charge is 2.30. The Labute approximate surface area is 86.2 Å². The molecule has 1 aliphatic carbocycles. The Morgan fingerprint density at radius 2 is 2.14 bits per heavy atom. The van der Waals surface area contributed by atoms with E-state index in [-0.39, 0.29) is 11.9 Å². The third-order valence-corrected chi connectivity index (χ3v) is 2.52. The molecule has 0 heterocycles. The molecule has 1 saturated carbocycles. The van der Waals surface area contributed by atoms with E-state index in [1.165, 1.54) is 0 Å². The van der Waals surface area contributed by atoms with Crippen LogP contribution in [0.2, 0.25) is 0 Å². The molecule has 1 rings (SSSR count). The van der Waals surface area contributed by atoms with E-state index >= 15 is 0 Å². The van der Waals surface area contributed by atoms with Crippen molar-refractivity contribution in [3.8, 4) is 0 Å². The number of carbonyl (C=O) groups is 1. The highest BCUT2D eigenvalue weighted by Crippen LogP contribution is 2.32. The first-order chi connectivity index (χ1) is 6.61. The number of hydrogen-bond donors (Lipinski definition) is 1. The minimum absolute atomic E-state index is 0.181. The van der Waals surface area contributed by atoms with Gasteiger partial charge in [-0.2, -0.15) is 0 Å². The smallest absolute Gasteiger partial charge is 0.220 e. The molecule has 0 aliphatic heterocycles. The highest BCUT2D eigenvalue weighted by atomic mass is 16.5. The maximum absolute atomic E-state index is 11.4. The quantitative estimate of drug-likeness (QED) is 0.732. The van der Waals surface area contributed by atoms with Crippen LogP contribution in [0.5, 0.6) is 0 Å². The summed E-state index contributed by atoms with van der Waals surface area (Å²) < 4.78 is 5.44. The number of carbonyl (C=O) groups excluding carboxylic acids is 1. The molecule has 0 aromatic carbocycles. The van der Waals surface area contributed by atoms with Crippen LogP contribution in [-0.4, -0.2) is 24.7 Å². The van der Waals surface area contributed by atoms with Crippen molar-refractivity contribution in [3.05, 3.63) is 0 Å². The Morgan fingerprint density at radius 3 is 2.64 bits per heavy atom. The van der Waals surface area contributed by atoms with Gasteiger partial charge in [0.15, 0.2) is 0 Å². The van der Waals surface area contributed by atoms with Crippen molar-refractivity contribution >= 4 is 5.91 Å². The van der Waals surface area contributed by atoms with Crippen LogP contribution >= 0.6 is 0 Å². The Morgan fingerprint density at radius 1 is 1.50 bits per heavy atom. The lowest BCUT2D eigenvalue weighted by Crippen LogP contribution is -2.37. The Kier molecular flexibility index (Phi) is 4.39. The van der Waals surface area contributed by atoms with Gasteiger partial charge in [0.05, 0.1) is 6.10 Å². The Bertz CT molecular complexity index is 186. The summed E-state index contributed by atoms with van der Waals surface area (Å²) in [6.45, 7) is 6.78. The van der Waals surface area contributed by atoms with Crippen molar-refractivity contribution in [2.45, 2.75) is 52.2 Å². The van der Waals surface area contributed by atoms with Crippen LogP contribution in [0.4, 0.5) is 0 Å². The van der Waals surface area contributed by atoms with Crippen molar-refractivity contribution in [2.24, 2.45) is 5.92 Å². The molecule has 0 unspecified atom stereocenters. The van der Waals surface area contributed by atoms with E-state index in [0.717, 1.165) is 19.4 Å². The monoisotopic (exact) mass is 199 g/mol. The van der Waals surface area contributed by atoms with Crippen LogP contribution in [0.3, 0.4) is 0 Å². The number of nitrogens with one attached hydrogen (secondary N) is 1. The topological polar surface area (TPSA) is 38.3 Å². The maximum Gasteiger partial charge on any atom is 0.220 e. The molecule has 0 aromatic rings. The van der Waals surface area contributed by atoms with Crippen LogP contribution in [0, 0.1) is 5.92 Å². The molecule has 1 fully saturated rings.